The predicted molar refractivity (Wildman–Crippen MR) is 58.7 cm³/mol. The molecular formula is C10H15N5. The van der Waals surface area contributed by atoms with E-state index in [1.807, 2.05) is 18.6 Å². The minimum absolute atomic E-state index is 0.794. The van der Waals surface area contributed by atoms with E-state index in [-0.39, 0.29) is 0 Å². The maximum atomic E-state index is 4.26. The summed E-state index contributed by atoms with van der Waals surface area (Å²) in [6, 6.07) is 0. The number of imidazole rings is 1. The van der Waals surface area contributed by atoms with Crippen LogP contribution in [-0.4, -0.2) is 26.3 Å². The molecule has 0 saturated heterocycles. The Labute approximate surface area is 88.5 Å². The Balaban J connectivity index is 2.04. The van der Waals surface area contributed by atoms with Gasteiger partial charge in [-0.3, -0.25) is 5.10 Å². The van der Waals surface area contributed by atoms with Gasteiger partial charge in [-0.25, -0.2) is 4.98 Å². The Morgan fingerprint density at radius 2 is 2.47 bits per heavy atom. The van der Waals surface area contributed by atoms with E-state index in [1.54, 1.807) is 6.20 Å². The van der Waals surface area contributed by atoms with E-state index in [0.29, 0.717) is 0 Å². The summed E-state index contributed by atoms with van der Waals surface area (Å²) in [5, 5.41) is 9.99. The molecule has 5 heteroatoms. The van der Waals surface area contributed by atoms with E-state index in [9.17, 15) is 0 Å². The molecule has 0 unspecified atom stereocenters. The van der Waals surface area contributed by atoms with E-state index in [4.69, 9.17) is 0 Å². The molecule has 0 fully saturated rings. The van der Waals surface area contributed by atoms with Gasteiger partial charge in [-0.15, -0.1) is 0 Å². The van der Waals surface area contributed by atoms with Gasteiger partial charge in [-0.05, 0) is 6.42 Å². The van der Waals surface area contributed by atoms with Crippen LogP contribution in [0.3, 0.4) is 0 Å². The molecule has 0 atom stereocenters. The Morgan fingerprint density at radius 1 is 1.53 bits per heavy atom. The molecule has 0 saturated carbocycles. The third-order valence-corrected chi connectivity index (χ3v) is 2.16. The highest BCUT2D eigenvalue weighted by atomic mass is 15.2. The van der Waals surface area contributed by atoms with Crippen molar-refractivity contribution in [3.05, 3.63) is 30.4 Å². The van der Waals surface area contributed by atoms with Crippen LogP contribution in [0.15, 0.2) is 24.8 Å². The highest BCUT2D eigenvalue weighted by molar-refractivity contribution is 5.26. The van der Waals surface area contributed by atoms with Gasteiger partial charge < -0.3 is 9.88 Å². The van der Waals surface area contributed by atoms with Crippen molar-refractivity contribution in [1.29, 1.82) is 0 Å². The third-order valence-electron chi connectivity index (χ3n) is 2.16. The van der Waals surface area contributed by atoms with Gasteiger partial charge in [0.2, 0.25) is 5.95 Å². The first kappa shape index (κ1) is 9.76. The Kier molecular flexibility index (Phi) is 3.02. The fraction of sp³-hybridized carbons (Fsp3) is 0.400. The molecular weight excluding hydrogens is 190 g/mol. The van der Waals surface area contributed by atoms with Crippen LogP contribution < -0.4 is 5.32 Å². The maximum Gasteiger partial charge on any atom is 0.203 e. The molecule has 0 spiro atoms. The van der Waals surface area contributed by atoms with Gasteiger partial charge in [0, 0.05) is 30.7 Å². The molecule has 0 amide bonds. The third kappa shape index (κ3) is 2.37. The quantitative estimate of drug-likeness (QED) is 0.777. The zero-order valence-corrected chi connectivity index (χ0v) is 8.77. The van der Waals surface area contributed by atoms with Gasteiger partial charge in [0.05, 0.1) is 12.7 Å². The van der Waals surface area contributed by atoms with Crippen LogP contribution in [0.1, 0.15) is 18.9 Å². The molecule has 0 aliphatic rings. The van der Waals surface area contributed by atoms with Gasteiger partial charge >= 0.3 is 0 Å². The standard InChI is InChI=1S/C10H15N5/c1-2-3-11-10-12-4-5-15(10)8-9-6-13-14-7-9/h4-7H,2-3,8H2,1H3,(H,11,12)(H,13,14). The number of hydrogen-bond donors (Lipinski definition) is 2. The molecule has 15 heavy (non-hydrogen) atoms. The summed E-state index contributed by atoms with van der Waals surface area (Å²) in [6.45, 7) is 3.88. The highest BCUT2D eigenvalue weighted by Crippen LogP contribution is 2.07. The van der Waals surface area contributed by atoms with Crippen LogP contribution in [0, 0.1) is 0 Å². The lowest BCUT2D eigenvalue weighted by molar-refractivity contribution is 0.793. The number of rotatable bonds is 5. The van der Waals surface area contributed by atoms with Crippen molar-refractivity contribution in [2.24, 2.45) is 0 Å². The highest BCUT2D eigenvalue weighted by Gasteiger charge is 2.02. The summed E-state index contributed by atoms with van der Waals surface area (Å²) < 4.78 is 2.07. The van der Waals surface area contributed by atoms with E-state index < -0.39 is 0 Å². The van der Waals surface area contributed by atoms with E-state index in [0.717, 1.165) is 31.0 Å². The average Bonchev–Trinajstić information content (AvgIpc) is 2.87. The van der Waals surface area contributed by atoms with Crippen molar-refractivity contribution in [2.75, 3.05) is 11.9 Å². The first-order valence-electron chi connectivity index (χ1n) is 5.13. The second-order valence-corrected chi connectivity index (χ2v) is 3.41. The average molecular weight is 205 g/mol. The van der Waals surface area contributed by atoms with Gasteiger partial charge in [-0.2, -0.15) is 5.10 Å². The summed E-state index contributed by atoms with van der Waals surface area (Å²) in [5.41, 5.74) is 1.15. The first-order chi connectivity index (χ1) is 7.40. The minimum Gasteiger partial charge on any atom is -0.356 e. The summed E-state index contributed by atoms with van der Waals surface area (Å²) in [5.74, 6) is 0.915. The van der Waals surface area contributed by atoms with Crippen LogP contribution in [0.5, 0.6) is 0 Å². The zero-order valence-electron chi connectivity index (χ0n) is 8.77. The van der Waals surface area contributed by atoms with E-state index in [1.165, 1.54) is 0 Å². The molecule has 2 rings (SSSR count). The van der Waals surface area contributed by atoms with Crippen LogP contribution in [0.25, 0.3) is 0 Å². The van der Waals surface area contributed by atoms with Crippen LogP contribution in [0.4, 0.5) is 5.95 Å². The number of hydrogen-bond acceptors (Lipinski definition) is 3. The van der Waals surface area contributed by atoms with Crippen molar-refractivity contribution < 1.29 is 0 Å². The molecule has 80 valence electrons. The Bertz CT molecular complexity index is 390. The summed E-state index contributed by atoms with van der Waals surface area (Å²) in [4.78, 5) is 4.26. The zero-order chi connectivity index (χ0) is 10.5. The van der Waals surface area contributed by atoms with E-state index in [2.05, 4.69) is 32.0 Å². The van der Waals surface area contributed by atoms with E-state index >= 15 is 0 Å². The Morgan fingerprint density at radius 3 is 3.20 bits per heavy atom. The van der Waals surface area contributed by atoms with Crippen molar-refractivity contribution in [3.8, 4) is 0 Å². The number of aromatic amines is 1. The smallest absolute Gasteiger partial charge is 0.203 e. The molecule has 0 aliphatic carbocycles. The fourth-order valence-corrected chi connectivity index (χ4v) is 1.40. The maximum absolute atomic E-state index is 4.26. The van der Waals surface area contributed by atoms with Crippen molar-refractivity contribution in [3.63, 3.8) is 0 Å². The minimum atomic E-state index is 0.794. The van der Waals surface area contributed by atoms with Crippen molar-refractivity contribution in [1.82, 2.24) is 19.7 Å². The monoisotopic (exact) mass is 205 g/mol. The molecule has 2 heterocycles. The fourth-order valence-electron chi connectivity index (χ4n) is 1.40. The molecule has 2 aromatic rings. The summed E-state index contributed by atoms with van der Waals surface area (Å²) in [6.07, 6.45) is 8.58. The number of H-pyrrole nitrogens is 1. The summed E-state index contributed by atoms with van der Waals surface area (Å²) >= 11 is 0. The summed E-state index contributed by atoms with van der Waals surface area (Å²) in [7, 11) is 0. The molecule has 2 aromatic heterocycles. The molecule has 2 N–H and O–H groups in total. The molecule has 0 aliphatic heterocycles. The second kappa shape index (κ2) is 4.63. The lowest BCUT2D eigenvalue weighted by Gasteiger charge is -2.07. The topological polar surface area (TPSA) is 58.5 Å². The van der Waals surface area contributed by atoms with Crippen LogP contribution in [-0.2, 0) is 6.54 Å². The van der Waals surface area contributed by atoms with Crippen molar-refractivity contribution >= 4 is 5.95 Å². The predicted octanol–water partition coefficient (Wildman–Crippen LogP) is 1.48. The van der Waals surface area contributed by atoms with Gasteiger partial charge in [0.15, 0.2) is 0 Å². The Hall–Kier alpha value is -1.78. The lowest BCUT2D eigenvalue weighted by atomic mass is 10.3. The van der Waals surface area contributed by atoms with Crippen LogP contribution >= 0.6 is 0 Å². The van der Waals surface area contributed by atoms with Gasteiger partial charge in [0.1, 0.15) is 0 Å². The first-order valence-corrected chi connectivity index (χ1v) is 5.13. The number of nitrogens with one attached hydrogen (secondary N) is 2. The molecule has 0 aromatic carbocycles. The van der Waals surface area contributed by atoms with Crippen molar-refractivity contribution in [2.45, 2.75) is 19.9 Å². The molecule has 0 bridgehead atoms. The lowest BCUT2D eigenvalue weighted by Crippen LogP contribution is -2.08. The largest absolute Gasteiger partial charge is 0.356 e. The second-order valence-electron chi connectivity index (χ2n) is 3.41. The van der Waals surface area contributed by atoms with Crippen LogP contribution in [0.2, 0.25) is 0 Å². The number of anilines is 1. The van der Waals surface area contributed by atoms with Gasteiger partial charge in [0.25, 0.3) is 0 Å². The van der Waals surface area contributed by atoms with Gasteiger partial charge in [-0.1, -0.05) is 6.92 Å². The normalized spacial score (nSPS) is 10.5. The number of nitrogens with zero attached hydrogens (tertiary/aromatic N) is 3. The molecule has 0 radical (unpaired) electrons. The molecule has 5 nitrogen and oxygen atoms in total. The SMILES string of the molecule is CCCNc1nccn1Cc1cn[nH]c1. The number of aromatic nitrogens is 4.